The van der Waals surface area contributed by atoms with Crippen molar-refractivity contribution < 1.29 is 4.79 Å². The molecule has 2 aromatic rings. The minimum absolute atomic E-state index is 0.191. The van der Waals surface area contributed by atoms with Crippen LogP contribution in [0.25, 0.3) is 0 Å². The average Bonchev–Trinajstić information content (AvgIpc) is 2.58. The van der Waals surface area contributed by atoms with Crippen LogP contribution in [0, 0.1) is 13.8 Å². The van der Waals surface area contributed by atoms with Gasteiger partial charge in [-0.3, -0.25) is 4.79 Å². The van der Waals surface area contributed by atoms with Gasteiger partial charge in [0, 0.05) is 16.4 Å². The Labute approximate surface area is 163 Å². The second-order valence-electron chi connectivity index (χ2n) is 6.29. The second-order valence-corrected chi connectivity index (χ2v) is 7.11. The minimum atomic E-state index is -0.315. The first kappa shape index (κ1) is 18.4. The van der Waals surface area contributed by atoms with Gasteiger partial charge in [0.2, 0.25) is 0 Å². The third-order valence-electron chi connectivity index (χ3n) is 4.53. The predicted octanol–water partition coefficient (Wildman–Crippen LogP) is 4.39. The molecule has 0 unspecified atom stereocenters. The quantitative estimate of drug-likeness (QED) is 0.686. The summed E-state index contributed by atoms with van der Waals surface area (Å²) in [5.74, 6) is -0.191. The molecule has 0 bridgehead atoms. The van der Waals surface area contributed by atoms with Gasteiger partial charge in [-0.2, -0.15) is 0 Å². The first-order valence-electron chi connectivity index (χ1n) is 8.28. The summed E-state index contributed by atoms with van der Waals surface area (Å²) in [7, 11) is 0. The summed E-state index contributed by atoms with van der Waals surface area (Å²) >= 11 is 11.5. The first-order valence-corrected chi connectivity index (χ1v) is 9.07. The Balaban J connectivity index is 2.00. The molecule has 4 nitrogen and oxygen atoms in total. The van der Waals surface area contributed by atoms with Crippen molar-refractivity contribution in [3.05, 3.63) is 75.4 Å². The zero-order valence-electron chi connectivity index (χ0n) is 14.8. The van der Waals surface area contributed by atoms with E-state index in [4.69, 9.17) is 23.8 Å². The van der Waals surface area contributed by atoms with Crippen molar-refractivity contribution in [3.63, 3.8) is 0 Å². The summed E-state index contributed by atoms with van der Waals surface area (Å²) in [5.41, 5.74) is 4.97. The van der Waals surface area contributed by atoms with Crippen LogP contribution >= 0.6 is 23.8 Å². The lowest BCUT2D eigenvalue weighted by molar-refractivity contribution is -0.113. The monoisotopic (exact) mass is 385 g/mol. The Hall–Kier alpha value is -2.37. The molecule has 6 heteroatoms. The van der Waals surface area contributed by atoms with Crippen molar-refractivity contribution in [2.75, 3.05) is 5.32 Å². The molecule has 0 spiro atoms. The van der Waals surface area contributed by atoms with E-state index >= 15 is 0 Å². The molecular weight excluding hydrogens is 366 g/mol. The van der Waals surface area contributed by atoms with Crippen LogP contribution in [0.15, 0.2) is 53.7 Å². The van der Waals surface area contributed by atoms with Crippen molar-refractivity contribution in [1.82, 2.24) is 10.6 Å². The van der Waals surface area contributed by atoms with Gasteiger partial charge >= 0.3 is 0 Å². The predicted molar refractivity (Wildman–Crippen MR) is 110 cm³/mol. The molecule has 3 rings (SSSR count). The molecule has 1 aliphatic rings. The SMILES string of the molecule is CC1=C(C(=O)Nc2cccc(Cl)c2C)[C@H](c2ccccc2C)NC(=S)N1. The van der Waals surface area contributed by atoms with Crippen molar-refractivity contribution in [2.24, 2.45) is 0 Å². The highest BCUT2D eigenvalue weighted by atomic mass is 35.5. The Kier molecular flexibility index (Phi) is 5.30. The normalized spacial score (nSPS) is 16.8. The van der Waals surface area contributed by atoms with Gasteiger partial charge in [-0.05, 0) is 61.8 Å². The molecule has 0 saturated carbocycles. The van der Waals surface area contributed by atoms with Crippen LogP contribution in [0.5, 0.6) is 0 Å². The summed E-state index contributed by atoms with van der Waals surface area (Å²) < 4.78 is 0. The van der Waals surface area contributed by atoms with Crippen LogP contribution in [-0.2, 0) is 4.79 Å². The zero-order chi connectivity index (χ0) is 18.8. The lowest BCUT2D eigenvalue weighted by Gasteiger charge is -2.31. The van der Waals surface area contributed by atoms with E-state index in [0.717, 1.165) is 22.4 Å². The summed E-state index contributed by atoms with van der Waals surface area (Å²) in [5, 5.41) is 10.4. The number of rotatable bonds is 3. The number of hydrogen-bond donors (Lipinski definition) is 3. The average molecular weight is 386 g/mol. The van der Waals surface area contributed by atoms with Gasteiger partial charge in [0.15, 0.2) is 5.11 Å². The molecule has 0 aromatic heterocycles. The number of hydrogen-bond acceptors (Lipinski definition) is 2. The summed E-state index contributed by atoms with van der Waals surface area (Å²) in [6.45, 7) is 5.76. The number of benzene rings is 2. The molecule has 1 amide bonds. The highest BCUT2D eigenvalue weighted by Gasteiger charge is 2.30. The maximum Gasteiger partial charge on any atom is 0.255 e. The Morgan fingerprint density at radius 1 is 1.12 bits per heavy atom. The number of carbonyl (C=O) groups excluding carboxylic acids is 1. The molecule has 0 aliphatic carbocycles. The van der Waals surface area contributed by atoms with Gasteiger partial charge in [0.25, 0.3) is 5.91 Å². The van der Waals surface area contributed by atoms with Gasteiger partial charge in [0.1, 0.15) is 0 Å². The van der Waals surface area contributed by atoms with E-state index in [2.05, 4.69) is 16.0 Å². The topological polar surface area (TPSA) is 53.2 Å². The highest BCUT2D eigenvalue weighted by molar-refractivity contribution is 7.80. The van der Waals surface area contributed by atoms with Gasteiger partial charge in [-0.15, -0.1) is 0 Å². The van der Waals surface area contributed by atoms with Crippen LogP contribution in [0.1, 0.15) is 29.7 Å². The van der Waals surface area contributed by atoms with E-state index in [1.54, 1.807) is 6.07 Å². The number of nitrogens with one attached hydrogen (secondary N) is 3. The zero-order valence-corrected chi connectivity index (χ0v) is 16.4. The second kappa shape index (κ2) is 7.48. The van der Waals surface area contributed by atoms with Gasteiger partial charge < -0.3 is 16.0 Å². The number of carbonyl (C=O) groups is 1. The molecule has 0 fully saturated rings. The molecule has 3 N–H and O–H groups in total. The molecule has 0 saturated heterocycles. The fourth-order valence-corrected chi connectivity index (χ4v) is 3.52. The van der Waals surface area contributed by atoms with E-state index in [1.807, 2.05) is 57.2 Å². The van der Waals surface area contributed by atoms with E-state index in [0.29, 0.717) is 21.4 Å². The lowest BCUT2D eigenvalue weighted by atomic mass is 9.92. The fraction of sp³-hybridized carbons (Fsp3) is 0.200. The van der Waals surface area contributed by atoms with Gasteiger partial charge in [0.05, 0.1) is 11.6 Å². The molecule has 26 heavy (non-hydrogen) atoms. The first-order chi connectivity index (χ1) is 12.4. The summed E-state index contributed by atoms with van der Waals surface area (Å²) in [6, 6.07) is 13.1. The smallest absolute Gasteiger partial charge is 0.255 e. The Morgan fingerprint density at radius 3 is 2.58 bits per heavy atom. The minimum Gasteiger partial charge on any atom is -0.351 e. The third kappa shape index (κ3) is 3.59. The largest absolute Gasteiger partial charge is 0.351 e. The van der Waals surface area contributed by atoms with Crippen molar-refractivity contribution in [2.45, 2.75) is 26.8 Å². The summed E-state index contributed by atoms with van der Waals surface area (Å²) in [4.78, 5) is 13.1. The van der Waals surface area contributed by atoms with Crippen molar-refractivity contribution in [1.29, 1.82) is 0 Å². The lowest BCUT2D eigenvalue weighted by Crippen LogP contribution is -2.46. The Bertz CT molecular complexity index is 923. The molecule has 2 aromatic carbocycles. The molecule has 1 aliphatic heterocycles. The van der Waals surface area contributed by atoms with Gasteiger partial charge in [-0.25, -0.2) is 0 Å². The van der Waals surface area contributed by atoms with E-state index in [9.17, 15) is 4.79 Å². The maximum absolute atomic E-state index is 13.1. The van der Waals surface area contributed by atoms with Crippen LogP contribution in [0.2, 0.25) is 5.02 Å². The van der Waals surface area contributed by atoms with Crippen LogP contribution in [0.3, 0.4) is 0 Å². The van der Waals surface area contributed by atoms with Crippen molar-refractivity contribution in [3.8, 4) is 0 Å². The highest BCUT2D eigenvalue weighted by Crippen LogP contribution is 2.30. The number of anilines is 1. The number of amides is 1. The van der Waals surface area contributed by atoms with Crippen LogP contribution in [-0.4, -0.2) is 11.0 Å². The maximum atomic E-state index is 13.1. The summed E-state index contributed by atoms with van der Waals surface area (Å²) in [6.07, 6.45) is 0. The molecule has 0 radical (unpaired) electrons. The van der Waals surface area contributed by atoms with Crippen LogP contribution in [0.4, 0.5) is 5.69 Å². The van der Waals surface area contributed by atoms with Gasteiger partial charge in [-0.1, -0.05) is 41.9 Å². The van der Waals surface area contributed by atoms with E-state index in [1.165, 1.54) is 0 Å². The third-order valence-corrected chi connectivity index (χ3v) is 5.16. The molecular formula is C20H20ClN3OS. The Morgan fingerprint density at radius 2 is 1.85 bits per heavy atom. The molecule has 134 valence electrons. The van der Waals surface area contributed by atoms with E-state index in [-0.39, 0.29) is 11.9 Å². The molecule has 1 atom stereocenters. The van der Waals surface area contributed by atoms with E-state index < -0.39 is 0 Å². The number of allylic oxidation sites excluding steroid dienone is 1. The van der Waals surface area contributed by atoms with Crippen LogP contribution < -0.4 is 16.0 Å². The number of thiocarbonyl (C=S) groups is 1. The number of halogens is 1. The fourth-order valence-electron chi connectivity index (χ4n) is 3.07. The standard InChI is InChI=1S/C20H20ClN3OS/c1-11-7-4-5-8-14(11)18-17(13(3)22-20(26)24-18)19(25)23-16-10-6-9-15(21)12(16)2/h4-10,18H,1-3H3,(H,23,25)(H2,22,24,26)/t18-/m0/s1. The molecule has 1 heterocycles. The van der Waals surface area contributed by atoms with Crippen molar-refractivity contribution >= 4 is 40.5 Å². The number of aryl methyl sites for hydroxylation is 1.